The van der Waals surface area contributed by atoms with E-state index in [1.54, 1.807) is 6.20 Å². The highest BCUT2D eigenvalue weighted by molar-refractivity contribution is 7.17. The average Bonchev–Trinajstić information content (AvgIpc) is 3.29. The summed E-state index contributed by atoms with van der Waals surface area (Å²) in [4.78, 5) is 24.2. The molecule has 1 fully saturated rings. The summed E-state index contributed by atoms with van der Waals surface area (Å²) in [6.45, 7) is 2.56. The van der Waals surface area contributed by atoms with Crippen molar-refractivity contribution in [1.82, 2.24) is 20.2 Å². The van der Waals surface area contributed by atoms with E-state index in [9.17, 15) is 4.79 Å². The minimum absolute atomic E-state index is 0.0327. The van der Waals surface area contributed by atoms with Crippen LogP contribution in [0.2, 0.25) is 0 Å². The maximum atomic E-state index is 12.5. The molecule has 1 aliphatic carbocycles. The third-order valence-electron chi connectivity index (χ3n) is 4.19. The van der Waals surface area contributed by atoms with Gasteiger partial charge in [0.25, 0.3) is 5.91 Å². The second kappa shape index (κ2) is 6.76. The van der Waals surface area contributed by atoms with Crippen LogP contribution >= 0.6 is 11.3 Å². The Balaban J connectivity index is 1.69. The molecule has 0 bridgehead atoms. The molecule has 1 amide bonds. The summed E-state index contributed by atoms with van der Waals surface area (Å²) in [6, 6.07) is 6.13. The highest BCUT2D eigenvalue weighted by atomic mass is 32.1. The van der Waals surface area contributed by atoms with Gasteiger partial charge in [0.1, 0.15) is 9.88 Å². The van der Waals surface area contributed by atoms with Crippen LogP contribution in [-0.2, 0) is 0 Å². The zero-order valence-electron chi connectivity index (χ0n) is 13.7. The van der Waals surface area contributed by atoms with E-state index in [1.807, 2.05) is 25.1 Å². The smallest absolute Gasteiger partial charge is 0.263 e. The predicted molar refractivity (Wildman–Crippen MR) is 92.6 cm³/mol. The van der Waals surface area contributed by atoms with E-state index < -0.39 is 0 Å². The van der Waals surface area contributed by atoms with Gasteiger partial charge in [-0.2, -0.15) is 0 Å². The average molecular weight is 330 g/mol. The van der Waals surface area contributed by atoms with Gasteiger partial charge in [-0.15, -0.1) is 11.3 Å². The summed E-state index contributed by atoms with van der Waals surface area (Å²) >= 11 is 1.41. The summed E-state index contributed by atoms with van der Waals surface area (Å²) in [5, 5.41) is 3.87. The number of pyridine rings is 1. The molecule has 122 valence electrons. The lowest BCUT2D eigenvalue weighted by molar-refractivity contribution is 0.0942. The number of carbonyl (C=O) groups excluding carboxylic acids is 1. The fourth-order valence-electron chi connectivity index (χ4n) is 2.74. The molecule has 0 aliphatic heterocycles. The summed E-state index contributed by atoms with van der Waals surface area (Å²) < 4.78 is 0. The first-order valence-electron chi connectivity index (χ1n) is 7.89. The Kier molecular flexibility index (Phi) is 4.73. The second-order valence-electron chi connectivity index (χ2n) is 6.23. The Morgan fingerprint density at radius 2 is 2.22 bits per heavy atom. The number of hydrogen-bond donors (Lipinski definition) is 1. The number of nitrogens with zero attached hydrogens (tertiary/aromatic N) is 3. The van der Waals surface area contributed by atoms with Crippen molar-refractivity contribution in [3.8, 4) is 10.7 Å². The number of rotatable bonds is 6. The van der Waals surface area contributed by atoms with Gasteiger partial charge < -0.3 is 10.2 Å². The van der Waals surface area contributed by atoms with Crippen LogP contribution in [0.5, 0.6) is 0 Å². The summed E-state index contributed by atoms with van der Waals surface area (Å²) in [6.07, 6.45) is 4.27. The van der Waals surface area contributed by atoms with E-state index >= 15 is 0 Å². The van der Waals surface area contributed by atoms with Crippen LogP contribution in [0.3, 0.4) is 0 Å². The quantitative estimate of drug-likeness (QED) is 0.884. The van der Waals surface area contributed by atoms with Crippen molar-refractivity contribution in [3.63, 3.8) is 0 Å². The largest absolute Gasteiger partial charge is 0.350 e. The molecule has 0 spiro atoms. The second-order valence-corrected chi connectivity index (χ2v) is 7.23. The van der Waals surface area contributed by atoms with Gasteiger partial charge in [-0.1, -0.05) is 6.07 Å². The number of amides is 1. The minimum Gasteiger partial charge on any atom is -0.350 e. The van der Waals surface area contributed by atoms with E-state index in [1.165, 1.54) is 24.2 Å². The fourth-order valence-corrected chi connectivity index (χ4v) is 3.69. The molecule has 2 aromatic rings. The molecule has 0 saturated heterocycles. The Morgan fingerprint density at radius 3 is 2.83 bits per heavy atom. The first-order chi connectivity index (χ1) is 11.1. The van der Waals surface area contributed by atoms with E-state index in [4.69, 9.17) is 0 Å². The van der Waals surface area contributed by atoms with Gasteiger partial charge in [0.2, 0.25) is 0 Å². The zero-order valence-corrected chi connectivity index (χ0v) is 14.6. The van der Waals surface area contributed by atoms with E-state index in [0.717, 1.165) is 22.3 Å². The monoisotopic (exact) mass is 330 g/mol. The van der Waals surface area contributed by atoms with Crippen LogP contribution < -0.4 is 5.32 Å². The Bertz CT molecular complexity index is 677. The number of aromatic nitrogens is 2. The molecule has 0 aromatic carbocycles. The molecule has 6 heteroatoms. The highest BCUT2D eigenvalue weighted by Crippen LogP contribution is 2.34. The van der Waals surface area contributed by atoms with Gasteiger partial charge in [0.15, 0.2) is 0 Å². The van der Waals surface area contributed by atoms with Crippen LogP contribution in [0.1, 0.15) is 28.2 Å². The third-order valence-corrected chi connectivity index (χ3v) is 5.37. The standard InChI is InChI=1S/C17H22N4OS/c1-11-15(23-17(20-11)13-6-4-5-9-18-13)16(22)19-10-14(21(2)3)12-7-8-12/h4-6,9,12,14H,7-8,10H2,1-3H3,(H,19,22). The number of aryl methyl sites for hydroxylation is 1. The maximum absolute atomic E-state index is 12.5. The Labute approximate surface area is 140 Å². The normalized spacial score (nSPS) is 15.7. The molecular formula is C17H22N4OS. The molecule has 5 nitrogen and oxygen atoms in total. The number of carbonyl (C=O) groups is 1. The van der Waals surface area contributed by atoms with Crippen LogP contribution in [0, 0.1) is 12.8 Å². The van der Waals surface area contributed by atoms with E-state index in [2.05, 4.69) is 34.3 Å². The lowest BCUT2D eigenvalue weighted by Gasteiger charge is -2.24. The molecule has 1 unspecified atom stereocenters. The van der Waals surface area contributed by atoms with Gasteiger partial charge in [0, 0.05) is 18.8 Å². The van der Waals surface area contributed by atoms with Gasteiger partial charge in [-0.25, -0.2) is 4.98 Å². The number of likely N-dealkylation sites (N-methyl/N-ethyl adjacent to an activating group) is 1. The number of hydrogen-bond acceptors (Lipinski definition) is 5. The molecule has 1 N–H and O–H groups in total. The zero-order chi connectivity index (χ0) is 16.4. The third kappa shape index (κ3) is 3.76. The van der Waals surface area contributed by atoms with Gasteiger partial charge in [0.05, 0.1) is 11.4 Å². The first kappa shape index (κ1) is 16.1. The van der Waals surface area contributed by atoms with Crippen LogP contribution in [-0.4, -0.2) is 47.5 Å². The van der Waals surface area contributed by atoms with E-state index in [0.29, 0.717) is 17.5 Å². The molecule has 3 rings (SSSR count). The van der Waals surface area contributed by atoms with Gasteiger partial charge in [-0.05, 0) is 51.9 Å². The molecule has 1 saturated carbocycles. The molecule has 2 aromatic heterocycles. The summed E-state index contributed by atoms with van der Waals surface area (Å²) in [5.74, 6) is 0.687. The van der Waals surface area contributed by atoms with Crippen molar-refractivity contribution in [3.05, 3.63) is 35.0 Å². The number of thiazole rings is 1. The van der Waals surface area contributed by atoms with Crippen molar-refractivity contribution in [2.24, 2.45) is 5.92 Å². The van der Waals surface area contributed by atoms with Crippen molar-refractivity contribution in [2.75, 3.05) is 20.6 Å². The molecule has 2 heterocycles. The molecule has 23 heavy (non-hydrogen) atoms. The lowest BCUT2D eigenvalue weighted by atomic mass is 10.1. The van der Waals surface area contributed by atoms with Crippen molar-refractivity contribution in [1.29, 1.82) is 0 Å². The molecular weight excluding hydrogens is 308 g/mol. The summed E-state index contributed by atoms with van der Waals surface area (Å²) in [5.41, 5.74) is 1.57. The van der Waals surface area contributed by atoms with Crippen LogP contribution in [0.4, 0.5) is 0 Å². The fraction of sp³-hybridized carbons (Fsp3) is 0.471. The van der Waals surface area contributed by atoms with Crippen molar-refractivity contribution in [2.45, 2.75) is 25.8 Å². The molecule has 0 radical (unpaired) electrons. The van der Waals surface area contributed by atoms with E-state index in [-0.39, 0.29) is 5.91 Å². The predicted octanol–water partition coefficient (Wildman–Crippen LogP) is 2.58. The maximum Gasteiger partial charge on any atom is 0.263 e. The molecule has 1 atom stereocenters. The number of nitrogens with one attached hydrogen (secondary N) is 1. The molecule has 1 aliphatic rings. The summed E-state index contributed by atoms with van der Waals surface area (Å²) in [7, 11) is 4.15. The Morgan fingerprint density at radius 1 is 1.43 bits per heavy atom. The topological polar surface area (TPSA) is 58.1 Å². The first-order valence-corrected chi connectivity index (χ1v) is 8.71. The minimum atomic E-state index is -0.0327. The lowest BCUT2D eigenvalue weighted by Crippen LogP contribution is -2.41. The van der Waals surface area contributed by atoms with Crippen LogP contribution in [0.25, 0.3) is 10.7 Å². The van der Waals surface area contributed by atoms with Gasteiger partial charge >= 0.3 is 0 Å². The van der Waals surface area contributed by atoms with Crippen molar-refractivity contribution < 1.29 is 4.79 Å². The van der Waals surface area contributed by atoms with Crippen LogP contribution in [0.15, 0.2) is 24.4 Å². The highest BCUT2D eigenvalue weighted by Gasteiger charge is 2.32. The van der Waals surface area contributed by atoms with Gasteiger partial charge in [-0.3, -0.25) is 9.78 Å². The Hall–Kier alpha value is -1.79. The SMILES string of the molecule is Cc1nc(-c2ccccn2)sc1C(=O)NCC(C1CC1)N(C)C. The van der Waals surface area contributed by atoms with Crippen molar-refractivity contribution >= 4 is 17.2 Å².